The fourth-order valence-electron chi connectivity index (χ4n) is 3.07. The monoisotopic (exact) mass is 323 g/mol. The number of ether oxygens (including phenoxy) is 1. The van der Waals surface area contributed by atoms with Gasteiger partial charge in [-0.1, -0.05) is 44.2 Å². The van der Waals surface area contributed by atoms with Gasteiger partial charge in [-0.15, -0.1) is 11.6 Å². The van der Waals surface area contributed by atoms with Crippen molar-refractivity contribution in [3.8, 4) is 0 Å². The minimum absolute atomic E-state index is 0.0867. The van der Waals surface area contributed by atoms with Crippen molar-refractivity contribution in [2.24, 2.45) is 5.41 Å². The minimum atomic E-state index is -0.512. The van der Waals surface area contributed by atoms with Gasteiger partial charge < -0.3 is 4.74 Å². The molecule has 0 aliphatic carbocycles. The summed E-state index contributed by atoms with van der Waals surface area (Å²) in [4.78, 5) is 26.1. The van der Waals surface area contributed by atoms with Crippen molar-refractivity contribution in [3.63, 3.8) is 0 Å². The third kappa shape index (κ3) is 3.80. The molecule has 0 N–H and O–H groups in total. The molecule has 0 aromatic heterocycles. The lowest BCUT2D eigenvalue weighted by Gasteiger charge is -2.44. The molecular weight excluding hydrogens is 302 g/mol. The highest BCUT2D eigenvalue weighted by Crippen LogP contribution is 2.36. The lowest BCUT2D eigenvalue weighted by molar-refractivity contribution is -0.127. The van der Waals surface area contributed by atoms with Crippen LogP contribution in [0.3, 0.4) is 0 Å². The molecule has 1 aliphatic heterocycles. The van der Waals surface area contributed by atoms with E-state index in [-0.39, 0.29) is 23.7 Å². The van der Waals surface area contributed by atoms with Crippen molar-refractivity contribution >= 4 is 23.5 Å². The number of halogens is 1. The number of piperidine rings is 1. The second-order valence-corrected chi connectivity index (χ2v) is 6.60. The molecule has 1 heterocycles. The van der Waals surface area contributed by atoms with Crippen LogP contribution < -0.4 is 0 Å². The Morgan fingerprint density at radius 3 is 2.64 bits per heavy atom. The molecule has 120 valence electrons. The summed E-state index contributed by atoms with van der Waals surface area (Å²) in [6, 6.07) is 8.99. The topological polar surface area (TPSA) is 46.6 Å². The molecule has 1 aromatic rings. The number of nitrogens with zero attached hydrogens (tertiary/aromatic N) is 1. The first-order chi connectivity index (χ1) is 10.5. The fourth-order valence-corrected chi connectivity index (χ4v) is 3.22. The largest absolute Gasteiger partial charge is 0.445 e. The van der Waals surface area contributed by atoms with E-state index >= 15 is 0 Å². The molecule has 5 heteroatoms. The maximum atomic E-state index is 12.4. The number of carbonyl (C=O) groups is 2. The SMILES string of the molecule is CC1(C)CCCN(C(=O)OCc2ccccc2)C1C(=O)CCl. The molecule has 1 aliphatic rings. The summed E-state index contributed by atoms with van der Waals surface area (Å²) in [5.41, 5.74) is 0.642. The van der Waals surface area contributed by atoms with E-state index in [9.17, 15) is 9.59 Å². The van der Waals surface area contributed by atoms with Gasteiger partial charge in [-0.3, -0.25) is 9.69 Å². The number of likely N-dealkylation sites (tertiary alicyclic amines) is 1. The molecule has 1 fully saturated rings. The van der Waals surface area contributed by atoms with Crippen molar-refractivity contribution in [3.05, 3.63) is 35.9 Å². The summed E-state index contributed by atoms with van der Waals surface area (Å²) in [6.07, 6.45) is 1.31. The molecule has 2 rings (SSSR count). The smallest absolute Gasteiger partial charge is 0.410 e. The molecule has 1 saturated heterocycles. The Morgan fingerprint density at radius 1 is 1.32 bits per heavy atom. The van der Waals surface area contributed by atoms with Crippen LogP contribution in [0.25, 0.3) is 0 Å². The Labute approximate surface area is 136 Å². The maximum absolute atomic E-state index is 12.4. The van der Waals surface area contributed by atoms with E-state index in [0.717, 1.165) is 18.4 Å². The first-order valence-corrected chi connectivity index (χ1v) is 8.05. The summed E-state index contributed by atoms with van der Waals surface area (Å²) in [5, 5.41) is 0. The van der Waals surface area contributed by atoms with E-state index in [0.29, 0.717) is 6.54 Å². The van der Waals surface area contributed by atoms with E-state index < -0.39 is 12.1 Å². The van der Waals surface area contributed by atoms with Crippen molar-refractivity contribution in [2.45, 2.75) is 39.3 Å². The molecule has 1 unspecified atom stereocenters. The molecule has 0 spiro atoms. The zero-order valence-electron chi connectivity index (χ0n) is 13.0. The summed E-state index contributed by atoms with van der Waals surface area (Å²) in [7, 11) is 0. The summed E-state index contributed by atoms with van der Waals surface area (Å²) >= 11 is 5.73. The van der Waals surface area contributed by atoms with Gasteiger partial charge in [0.05, 0.1) is 5.88 Å². The maximum Gasteiger partial charge on any atom is 0.410 e. The zero-order valence-corrected chi connectivity index (χ0v) is 13.8. The van der Waals surface area contributed by atoms with E-state index in [1.54, 1.807) is 0 Å². The fraction of sp³-hybridized carbons (Fsp3) is 0.529. The molecule has 22 heavy (non-hydrogen) atoms. The van der Waals surface area contributed by atoms with Crippen molar-refractivity contribution in [1.29, 1.82) is 0 Å². The summed E-state index contributed by atoms with van der Waals surface area (Å²) in [6.45, 7) is 4.74. The van der Waals surface area contributed by atoms with Crippen LogP contribution in [0.4, 0.5) is 4.79 Å². The number of hydrogen-bond acceptors (Lipinski definition) is 3. The molecule has 1 aromatic carbocycles. The van der Waals surface area contributed by atoms with Gasteiger partial charge in [-0.25, -0.2) is 4.79 Å². The predicted octanol–water partition coefficient (Wildman–Crippen LogP) is 3.62. The van der Waals surface area contributed by atoms with E-state index in [4.69, 9.17) is 16.3 Å². The number of rotatable bonds is 4. The normalized spacial score (nSPS) is 20.5. The minimum Gasteiger partial charge on any atom is -0.445 e. The number of amides is 1. The van der Waals surface area contributed by atoms with E-state index in [1.165, 1.54) is 4.90 Å². The Kier molecular flexibility index (Phi) is 5.46. The lowest BCUT2D eigenvalue weighted by Crippen LogP contribution is -2.56. The Hall–Kier alpha value is -1.55. The first kappa shape index (κ1) is 16.8. The van der Waals surface area contributed by atoms with Gasteiger partial charge in [0.1, 0.15) is 12.6 Å². The van der Waals surface area contributed by atoms with Gasteiger partial charge in [0, 0.05) is 6.54 Å². The highest BCUT2D eigenvalue weighted by Gasteiger charge is 2.44. The second-order valence-electron chi connectivity index (χ2n) is 6.33. The van der Waals surface area contributed by atoms with Crippen molar-refractivity contribution < 1.29 is 14.3 Å². The van der Waals surface area contributed by atoms with Gasteiger partial charge in [-0.05, 0) is 23.8 Å². The van der Waals surface area contributed by atoms with Crippen LogP contribution in [-0.4, -0.2) is 35.2 Å². The van der Waals surface area contributed by atoms with Gasteiger partial charge in [0.15, 0.2) is 5.78 Å². The number of alkyl halides is 1. The molecule has 0 radical (unpaired) electrons. The number of ketones is 1. The van der Waals surface area contributed by atoms with Crippen molar-refractivity contribution in [2.75, 3.05) is 12.4 Å². The molecule has 0 bridgehead atoms. The Morgan fingerprint density at radius 2 is 2.00 bits per heavy atom. The molecular formula is C17H22ClNO3. The number of benzene rings is 1. The highest BCUT2D eigenvalue weighted by atomic mass is 35.5. The van der Waals surface area contributed by atoms with Crippen LogP contribution in [0.1, 0.15) is 32.3 Å². The third-order valence-electron chi connectivity index (χ3n) is 4.15. The second kappa shape index (κ2) is 7.14. The van der Waals surface area contributed by atoms with Crippen molar-refractivity contribution in [1.82, 2.24) is 4.90 Å². The predicted molar refractivity (Wildman–Crippen MR) is 85.9 cm³/mol. The quantitative estimate of drug-likeness (QED) is 0.795. The number of carbonyl (C=O) groups excluding carboxylic acids is 2. The Bertz CT molecular complexity index is 530. The summed E-state index contributed by atoms with van der Waals surface area (Å²) < 4.78 is 5.38. The number of Topliss-reactive ketones (excluding diaryl/α,β-unsaturated/α-hetero) is 1. The van der Waals surface area contributed by atoms with Crippen LogP contribution in [0, 0.1) is 5.41 Å². The zero-order chi connectivity index (χ0) is 16.2. The van der Waals surface area contributed by atoms with Crippen LogP contribution in [0.15, 0.2) is 30.3 Å². The molecule has 1 atom stereocenters. The van der Waals surface area contributed by atoms with E-state index in [1.807, 2.05) is 44.2 Å². The highest BCUT2D eigenvalue weighted by molar-refractivity contribution is 6.28. The van der Waals surface area contributed by atoms with Crippen LogP contribution >= 0.6 is 11.6 Å². The lowest BCUT2D eigenvalue weighted by atomic mass is 9.75. The Balaban J connectivity index is 2.07. The van der Waals surface area contributed by atoms with Gasteiger partial charge in [0.2, 0.25) is 0 Å². The average Bonchev–Trinajstić information content (AvgIpc) is 2.51. The standard InChI is InChI=1S/C17H22ClNO3/c1-17(2)9-6-10-19(15(17)14(20)11-18)16(21)22-12-13-7-4-3-5-8-13/h3-5,7-8,15H,6,9-12H2,1-2H3. The molecule has 1 amide bonds. The van der Waals surface area contributed by atoms with E-state index in [2.05, 4.69) is 0 Å². The number of hydrogen-bond donors (Lipinski definition) is 0. The van der Waals surface area contributed by atoms with Gasteiger partial charge in [0.25, 0.3) is 0 Å². The van der Waals surface area contributed by atoms with Crippen LogP contribution in [-0.2, 0) is 16.1 Å². The van der Waals surface area contributed by atoms with Gasteiger partial charge in [-0.2, -0.15) is 0 Å². The molecule has 4 nitrogen and oxygen atoms in total. The third-order valence-corrected chi connectivity index (χ3v) is 4.41. The summed E-state index contributed by atoms with van der Waals surface area (Å²) in [5.74, 6) is -0.209. The van der Waals surface area contributed by atoms with Crippen LogP contribution in [0.2, 0.25) is 0 Å². The first-order valence-electron chi connectivity index (χ1n) is 7.52. The van der Waals surface area contributed by atoms with Gasteiger partial charge >= 0.3 is 6.09 Å². The van der Waals surface area contributed by atoms with Crippen LogP contribution in [0.5, 0.6) is 0 Å². The average molecular weight is 324 g/mol. The molecule has 0 saturated carbocycles.